The molecular formula is C16H23FO. The molecular weight excluding hydrogens is 227 g/mol. The topological polar surface area (TPSA) is 17.1 Å². The third-order valence-electron chi connectivity index (χ3n) is 3.34. The summed E-state index contributed by atoms with van der Waals surface area (Å²) in [7, 11) is 0. The lowest BCUT2D eigenvalue weighted by Crippen LogP contribution is -2.04. The summed E-state index contributed by atoms with van der Waals surface area (Å²) in [6.07, 6.45) is 8.64. The van der Waals surface area contributed by atoms with Crippen LogP contribution in [0, 0.1) is 11.7 Å². The first-order chi connectivity index (χ1) is 8.76. The van der Waals surface area contributed by atoms with Crippen molar-refractivity contribution in [3.05, 3.63) is 35.6 Å². The molecule has 100 valence electrons. The number of rotatable bonds is 9. The van der Waals surface area contributed by atoms with Crippen LogP contribution in [0.5, 0.6) is 0 Å². The van der Waals surface area contributed by atoms with Crippen molar-refractivity contribution in [3.63, 3.8) is 0 Å². The number of hydrogen-bond donors (Lipinski definition) is 0. The van der Waals surface area contributed by atoms with Gasteiger partial charge in [-0.25, -0.2) is 4.39 Å². The molecule has 1 rings (SSSR count). The van der Waals surface area contributed by atoms with E-state index in [9.17, 15) is 9.18 Å². The monoisotopic (exact) mass is 250 g/mol. The van der Waals surface area contributed by atoms with Gasteiger partial charge in [0, 0.05) is 5.92 Å². The molecule has 0 unspecified atom stereocenters. The molecule has 0 N–H and O–H groups in total. The summed E-state index contributed by atoms with van der Waals surface area (Å²) in [4.78, 5) is 11.0. The Bertz CT molecular complexity index is 331. The van der Waals surface area contributed by atoms with E-state index in [1.165, 1.54) is 31.4 Å². The number of aryl methyl sites for hydroxylation is 1. The molecule has 0 aliphatic carbocycles. The molecule has 0 aromatic heterocycles. The number of aldehydes is 1. The highest BCUT2D eigenvalue weighted by atomic mass is 19.1. The largest absolute Gasteiger partial charge is 0.303 e. The fourth-order valence-electron chi connectivity index (χ4n) is 2.12. The number of halogens is 1. The summed E-state index contributed by atoms with van der Waals surface area (Å²) in [5, 5.41) is 0. The molecule has 0 spiro atoms. The zero-order valence-corrected chi connectivity index (χ0v) is 11.2. The minimum Gasteiger partial charge on any atom is -0.303 e. The van der Waals surface area contributed by atoms with Crippen molar-refractivity contribution in [2.24, 2.45) is 5.92 Å². The molecule has 0 fully saturated rings. The second-order valence-electron chi connectivity index (χ2n) is 4.91. The molecule has 0 aliphatic rings. The van der Waals surface area contributed by atoms with E-state index in [0.717, 1.165) is 37.5 Å². The van der Waals surface area contributed by atoms with Crippen molar-refractivity contribution in [2.75, 3.05) is 0 Å². The number of carbonyl (C=O) groups excluding carboxylic acids is 1. The minimum atomic E-state index is -0.203. The molecule has 1 aromatic carbocycles. The van der Waals surface area contributed by atoms with Gasteiger partial charge in [0.25, 0.3) is 0 Å². The van der Waals surface area contributed by atoms with Gasteiger partial charge in [-0.15, -0.1) is 0 Å². The van der Waals surface area contributed by atoms with E-state index in [4.69, 9.17) is 0 Å². The fraction of sp³-hybridized carbons (Fsp3) is 0.562. The Hall–Kier alpha value is -1.18. The van der Waals surface area contributed by atoms with Crippen LogP contribution in [0.25, 0.3) is 0 Å². The first-order valence-electron chi connectivity index (χ1n) is 6.96. The molecule has 0 heterocycles. The van der Waals surface area contributed by atoms with E-state index in [1.54, 1.807) is 12.1 Å². The summed E-state index contributed by atoms with van der Waals surface area (Å²) < 4.78 is 12.7. The zero-order chi connectivity index (χ0) is 13.2. The summed E-state index contributed by atoms with van der Waals surface area (Å²) in [5.74, 6) is -0.0443. The van der Waals surface area contributed by atoms with Crippen LogP contribution >= 0.6 is 0 Å². The van der Waals surface area contributed by atoms with Crippen LogP contribution in [-0.2, 0) is 11.2 Å². The van der Waals surface area contributed by atoms with Crippen molar-refractivity contribution in [1.82, 2.24) is 0 Å². The summed E-state index contributed by atoms with van der Waals surface area (Å²) >= 11 is 0. The van der Waals surface area contributed by atoms with Crippen LogP contribution in [0.1, 0.15) is 51.0 Å². The van der Waals surface area contributed by atoms with Crippen LogP contribution in [0.3, 0.4) is 0 Å². The first-order valence-corrected chi connectivity index (χ1v) is 6.96. The first kappa shape index (κ1) is 14.9. The Morgan fingerprint density at radius 1 is 1.11 bits per heavy atom. The van der Waals surface area contributed by atoms with E-state index in [-0.39, 0.29) is 11.7 Å². The van der Waals surface area contributed by atoms with Gasteiger partial charge in [-0.2, -0.15) is 0 Å². The van der Waals surface area contributed by atoms with Crippen LogP contribution < -0.4 is 0 Å². The molecule has 0 saturated heterocycles. The van der Waals surface area contributed by atoms with Gasteiger partial charge in [-0.05, 0) is 37.0 Å². The van der Waals surface area contributed by atoms with Crippen molar-refractivity contribution >= 4 is 6.29 Å². The molecule has 1 nitrogen and oxygen atoms in total. The average molecular weight is 250 g/mol. The van der Waals surface area contributed by atoms with Gasteiger partial charge in [0.2, 0.25) is 0 Å². The van der Waals surface area contributed by atoms with E-state index in [1.807, 2.05) is 0 Å². The molecule has 0 saturated carbocycles. The summed E-state index contributed by atoms with van der Waals surface area (Å²) in [6, 6.07) is 6.56. The summed E-state index contributed by atoms with van der Waals surface area (Å²) in [5.41, 5.74) is 1.11. The Morgan fingerprint density at radius 2 is 1.83 bits per heavy atom. The minimum absolute atomic E-state index is 0.159. The van der Waals surface area contributed by atoms with Gasteiger partial charge < -0.3 is 4.79 Å². The van der Waals surface area contributed by atoms with E-state index in [0.29, 0.717) is 0 Å². The lowest BCUT2D eigenvalue weighted by Gasteiger charge is -2.09. The Kier molecular flexibility index (Phi) is 7.31. The molecule has 1 atom stereocenters. The van der Waals surface area contributed by atoms with Gasteiger partial charge >= 0.3 is 0 Å². The van der Waals surface area contributed by atoms with Gasteiger partial charge in [0.15, 0.2) is 0 Å². The lowest BCUT2D eigenvalue weighted by molar-refractivity contribution is -0.111. The second kappa shape index (κ2) is 8.84. The predicted molar refractivity (Wildman–Crippen MR) is 73.0 cm³/mol. The molecule has 18 heavy (non-hydrogen) atoms. The molecule has 2 heteroatoms. The standard InChI is InChI=1S/C16H23FO/c1-2-3-4-5-6-15(13-18)8-7-14-9-11-16(17)12-10-14/h9-13,15H,2-8H2,1H3/t15-/m1/s1. The third kappa shape index (κ3) is 5.95. The van der Waals surface area contributed by atoms with Crippen molar-refractivity contribution in [2.45, 2.75) is 51.9 Å². The Labute approximate surface area is 109 Å². The van der Waals surface area contributed by atoms with Gasteiger partial charge in [0.1, 0.15) is 12.1 Å². The van der Waals surface area contributed by atoms with Crippen LogP contribution in [0.2, 0.25) is 0 Å². The number of benzene rings is 1. The Balaban J connectivity index is 2.26. The molecule has 0 amide bonds. The maximum atomic E-state index is 12.7. The van der Waals surface area contributed by atoms with Crippen LogP contribution in [0.15, 0.2) is 24.3 Å². The highest BCUT2D eigenvalue weighted by Crippen LogP contribution is 2.16. The quantitative estimate of drug-likeness (QED) is 0.464. The fourth-order valence-corrected chi connectivity index (χ4v) is 2.12. The maximum absolute atomic E-state index is 12.7. The third-order valence-corrected chi connectivity index (χ3v) is 3.34. The lowest BCUT2D eigenvalue weighted by atomic mass is 9.95. The molecule has 0 aliphatic heterocycles. The van der Waals surface area contributed by atoms with Gasteiger partial charge in [0.05, 0.1) is 0 Å². The normalized spacial score (nSPS) is 12.3. The molecule has 1 aromatic rings. The molecule has 0 radical (unpaired) electrons. The summed E-state index contributed by atoms with van der Waals surface area (Å²) in [6.45, 7) is 2.19. The maximum Gasteiger partial charge on any atom is 0.123 e. The molecule has 0 bridgehead atoms. The number of hydrogen-bond acceptors (Lipinski definition) is 1. The highest BCUT2D eigenvalue weighted by Gasteiger charge is 2.07. The number of carbonyl (C=O) groups is 1. The predicted octanol–water partition coefficient (Wildman–Crippen LogP) is 4.54. The smallest absolute Gasteiger partial charge is 0.123 e. The SMILES string of the molecule is CCCCCC[C@@H](C=O)CCc1ccc(F)cc1. The highest BCUT2D eigenvalue weighted by molar-refractivity contribution is 5.53. The van der Waals surface area contributed by atoms with Crippen molar-refractivity contribution in [1.29, 1.82) is 0 Å². The van der Waals surface area contributed by atoms with E-state index in [2.05, 4.69) is 6.92 Å². The van der Waals surface area contributed by atoms with Crippen LogP contribution in [0.4, 0.5) is 4.39 Å². The van der Waals surface area contributed by atoms with Gasteiger partial charge in [-0.1, -0.05) is 44.7 Å². The van der Waals surface area contributed by atoms with Crippen molar-refractivity contribution < 1.29 is 9.18 Å². The van der Waals surface area contributed by atoms with Gasteiger partial charge in [-0.3, -0.25) is 0 Å². The second-order valence-corrected chi connectivity index (χ2v) is 4.91. The van der Waals surface area contributed by atoms with Crippen molar-refractivity contribution in [3.8, 4) is 0 Å². The van der Waals surface area contributed by atoms with E-state index >= 15 is 0 Å². The van der Waals surface area contributed by atoms with E-state index < -0.39 is 0 Å². The zero-order valence-electron chi connectivity index (χ0n) is 11.2. The van der Waals surface area contributed by atoms with Crippen LogP contribution in [-0.4, -0.2) is 6.29 Å². The average Bonchev–Trinajstić information content (AvgIpc) is 2.40. The Morgan fingerprint density at radius 3 is 2.44 bits per heavy atom. The number of unbranched alkanes of at least 4 members (excludes halogenated alkanes) is 3.